The first-order valence-electron chi connectivity index (χ1n) is 4.99. The first-order valence-corrected chi connectivity index (χ1v) is 4.99. The second-order valence-corrected chi connectivity index (χ2v) is 3.13. The van der Waals surface area contributed by atoms with Gasteiger partial charge in [-0.15, -0.1) is 5.10 Å². The molecule has 0 spiro atoms. The molecular formula is C10H10N4O3. The van der Waals surface area contributed by atoms with Crippen LogP contribution in [-0.4, -0.2) is 32.6 Å². The molecule has 0 atom stereocenters. The van der Waals surface area contributed by atoms with E-state index in [9.17, 15) is 9.59 Å². The van der Waals surface area contributed by atoms with Crippen LogP contribution in [0.4, 0.5) is 0 Å². The molecule has 0 saturated carbocycles. The number of nitrogens with zero attached hydrogens (tertiary/aromatic N) is 3. The van der Waals surface area contributed by atoms with E-state index in [-0.39, 0.29) is 12.3 Å². The molecule has 0 bridgehead atoms. The highest BCUT2D eigenvalue weighted by molar-refractivity contribution is 5.86. The van der Waals surface area contributed by atoms with Gasteiger partial charge in [0.25, 0.3) is 0 Å². The molecule has 17 heavy (non-hydrogen) atoms. The molecule has 0 unspecified atom stereocenters. The zero-order valence-electron chi connectivity index (χ0n) is 9.08. The van der Waals surface area contributed by atoms with Crippen molar-refractivity contribution < 1.29 is 9.53 Å². The predicted molar refractivity (Wildman–Crippen MR) is 57.9 cm³/mol. The molecule has 2 heterocycles. The quantitative estimate of drug-likeness (QED) is 0.762. The molecule has 0 aliphatic carbocycles. The maximum Gasteiger partial charge on any atom is 0.364 e. The zero-order chi connectivity index (χ0) is 12.3. The summed E-state index contributed by atoms with van der Waals surface area (Å²) in [6.45, 7) is 1.85. The van der Waals surface area contributed by atoms with Crippen LogP contribution >= 0.6 is 0 Å². The fourth-order valence-corrected chi connectivity index (χ4v) is 1.30. The maximum atomic E-state index is 11.8. The summed E-state index contributed by atoms with van der Waals surface area (Å²) in [5.74, 6) is -0.735. The number of aromatic amines is 1. The molecule has 0 amide bonds. The van der Waals surface area contributed by atoms with Crippen LogP contribution in [0.1, 0.15) is 17.4 Å². The Morgan fingerprint density at radius 2 is 2.18 bits per heavy atom. The minimum Gasteiger partial charge on any atom is -0.461 e. The van der Waals surface area contributed by atoms with E-state index in [0.29, 0.717) is 5.69 Å². The topological polar surface area (TPSA) is 89.9 Å². The van der Waals surface area contributed by atoms with Gasteiger partial charge in [-0.1, -0.05) is 0 Å². The third-order valence-corrected chi connectivity index (χ3v) is 2.06. The number of carbonyl (C=O) groups is 1. The summed E-state index contributed by atoms with van der Waals surface area (Å²) in [5.41, 5.74) is -0.258. The minimum atomic E-state index is -0.735. The van der Waals surface area contributed by atoms with E-state index in [1.54, 1.807) is 19.1 Å². The number of hydrogen-bond donors (Lipinski definition) is 1. The van der Waals surface area contributed by atoms with Gasteiger partial charge >= 0.3 is 11.5 Å². The normalized spacial score (nSPS) is 10.2. The Balaban J connectivity index is 2.40. The Bertz CT molecular complexity index is 573. The van der Waals surface area contributed by atoms with Crippen molar-refractivity contribution in [3.8, 4) is 5.69 Å². The fourth-order valence-electron chi connectivity index (χ4n) is 1.30. The standard InChI is InChI=1S/C10H10N4O3/c1-2-17-10(16)8-9(15)14(13-12-8)7-3-5-11-6-4-7/h3-6,13H,2H2,1H3. The molecule has 2 aromatic rings. The average molecular weight is 234 g/mol. The van der Waals surface area contributed by atoms with E-state index in [0.717, 1.165) is 4.68 Å². The molecule has 7 heteroatoms. The lowest BCUT2D eigenvalue weighted by atomic mass is 10.4. The Labute approximate surface area is 96.0 Å². The van der Waals surface area contributed by atoms with Gasteiger partial charge in [0.15, 0.2) is 0 Å². The van der Waals surface area contributed by atoms with Crippen LogP contribution in [0.3, 0.4) is 0 Å². The molecule has 0 fully saturated rings. The minimum absolute atomic E-state index is 0.195. The number of carbonyl (C=O) groups excluding carboxylic acids is 1. The van der Waals surface area contributed by atoms with Crippen LogP contribution in [0.5, 0.6) is 0 Å². The number of rotatable bonds is 3. The van der Waals surface area contributed by atoms with Gasteiger partial charge in [-0.3, -0.25) is 9.78 Å². The van der Waals surface area contributed by atoms with E-state index in [1.807, 2.05) is 0 Å². The number of hydrogen-bond acceptors (Lipinski definition) is 5. The van der Waals surface area contributed by atoms with Gasteiger partial charge in [0.2, 0.25) is 5.69 Å². The van der Waals surface area contributed by atoms with E-state index in [4.69, 9.17) is 4.74 Å². The fraction of sp³-hybridized carbons (Fsp3) is 0.200. The van der Waals surface area contributed by atoms with E-state index in [2.05, 4.69) is 15.3 Å². The number of esters is 1. The second-order valence-electron chi connectivity index (χ2n) is 3.13. The van der Waals surface area contributed by atoms with Gasteiger partial charge in [-0.25, -0.2) is 14.7 Å². The first-order chi connectivity index (χ1) is 8.24. The van der Waals surface area contributed by atoms with Crippen molar-refractivity contribution in [1.82, 2.24) is 20.0 Å². The Morgan fingerprint density at radius 1 is 1.47 bits per heavy atom. The van der Waals surface area contributed by atoms with Gasteiger partial charge in [0.05, 0.1) is 12.3 Å². The molecule has 0 radical (unpaired) electrons. The van der Waals surface area contributed by atoms with E-state index < -0.39 is 11.5 Å². The average Bonchev–Trinajstić information content (AvgIpc) is 2.72. The Kier molecular flexibility index (Phi) is 2.99. The van der Waals surface area contributed by atoms with Crippen molar-refractivity contribution in [1.29, 1.82) is 0 Å². The molecule has 2 aromatic heterocycles. The summed E-state index contributed by atoms with van der Waals surface area (Å²) >= 11 is 0. The Hall–Kier alpha value is -2.44. The Morgan fingerprint density at radius 3 is 2.82 bits per heavy atom. The lowest BCUT2D eigenvalue weighted by Crippen LogP contribution is -2.21. The van der Waals surface area contributed by atoms with Crippen molar-refractivity contribution in [3.05, 3.63) is 40.6 Å². The van der Waals surface area contributed by atoms with Gasteiger partial charge < -0.3 is 4.74 Å². The van der Waals surface area contributed by atoms with Crippen LogP contribution in [0.25, 0.3) is 5.69 Å². The molecular weight excluding hydrogens is 224 g/mol. The number of H-pyrrole nitrogens is 1. The molecule has 0 saturated heterocycles. The second kappa shape index (κ2) is 4.60. The van der Waals surface area contributed by atoms with Crippen LogP contribution in [0, 0.1) is 0 Å². The number of aromatic nitrogens is 4. The molecule has 7 nitrogen and oxygen atoms in total. The summed E-state index contributed by atoms with van der Waals surface area (Å²) in [7, 11) is 0. The number of nitrogens with one attached hydrogen (secondary N) is 1. The summed E-state index contributed by atoms with van der Waals surface area (Å²) in [5, 5.41) is 6.10. The SMILES string of the molecule is CCOC(=O)c1n[nH]n(-c2ccncc2)c1=O. The lowest BCUT2D eigenvalue weighted by molar-refractivity contribution is 0.0518. The van der Waals surface area contributed by atoms with Crippen molar-refractivity contribution in [2.45, 2.75) is 6.92 Å². The number of pyridine rings is 1. The highest BCUT2D eigenvalue weighted by atomic mass is 16.5. The largest absolute Gasteiger partial charge is 0.461 e. The third-order valence-electron chi connectivity index (χ3n) is 2.06. The van der Waals surface area contributed by atoms with Crippen molar-refractivity contribution in [2.24, 2.45) is 0 Å². The van der Waals surface area contributed by atoms with Gasteiger partial charge in [0, 0.05) is 12.4 Å². The van der Waals surface area contributed by atoms with Crippen LogP contribution < -0.4 is 5.56 Å². The molecule has 88 valence electrons. The van der Waals surface area contributed by atoms with Crippen LogP contribution in [0.15, 0.2) is 29.3 Å². The van der Waals surface area contributed by atoms with Crippen LogP contribution in [-0.2, 0) is 4.74 Å². The predicted octanol–water partition coefficient (Wildman–Crippen LogP) is 0.132. The molecule has 1 N–H and O–H groups in total. The van der Waals surface area contributed by atoms with Gasteiger partial charge in [-0.05, 0) is 19.1 Å². The van der Waals surface area contributed by atoms with Gasteiger partial charge in [-0.2, -0.15) is 0 Å². The summed E-state index contributed by atoms with van der Waals surface area (Å²) in [6.07, 6.45) is 3.07. The maximum absolute atomic E-state index is 11.8. The summed E-state index contributed by atoms with van der Waals surface area (Å²) in [4.78, 5) is 27.0. The highest BCUT2D eigenvalue weighted by Gasteiger charge is 2.18. The number of ether oxygens (including phenoxy) is 1. The molecule has 0 aliphatic heterocycles. The smallest absolute Gasteiger partial charge is 0.364 e. The lowest BCUT2D eigenvalue weighted by Gasteiger charge is -1.97. The summed E-state index contributed by atoms with van der Waals surface area (Å²) < 4.78 is 5.86. The first kappa shape index (κ1) is 11.1. The van der Waals surface area contributed by atoms with Crippen LogP contribution in [0.2, 0.25) is 0 Å². The third kappa shape index (κ3) is 2.07. The van der Waals surface area contributed by atoms with E-state index >= 15 is 0 Å². The molecule has 0 aliphatic rings. The van der Waals surface area contributed by atoms with Crippen molar-refractivity contribution in [3.63, 3.8) is 0 Å². The molecule has 0 aromatic carbocycles. The van der Waals surface area contributed by atoms with Gasteiger partial charge in [0.1, 0.15) is 0 Å². The highest BCUT2D eigenvalue weighted by Crippen LogP contribution is 2.00. The van der Waals surface area contributed by atoms with E-state index in [1.165, 1.54) is 12.4 Å². The van der Waals surface area contributed by atoms with Crippen molar-refractivity contribution >= 4 is 5.97 Å². The zero-order valence-corrected chi connectivity index (χ0v) is 9.08. The molecule has 2 rings (SSSR count). The summed E-state index contributed by atoms with van der Waals surface area (Å²) in [6, 6.07) is 3.24. The monoisotopic (exact) mass is 234 g/mol. The van der Waals surface area contributed by atoms with Crippen molar-refractivity contribution in [2.75, 3.05) is 6.61 Å².